The Morgan fingerprint density at radius 1 is 0.411 bits per heavy atom. The van der Waals surface area contributed by atoms with Crippen molar-refractivity contribution in [2.24, 2.45) is 20.5 Å². The van der Waals surface area contributed by atoms with Crippen molar-refractivity contribution >= 4 is 86.3 Å². The summed E-state index contributed by atoms with van der Waals surface area (Å²) < 4.78 is 68.9. The summed E-state index contributed by atoms with van der Waals surface area (Å²) in [5.41, 5.74) is 2.66. The van der Waals surface area contributed by atoms with Crippen LogP contribution in [0.3, 0.4) is 0 Å². The molecular weight excluding hydrogens is 779 g/mol. The van der Waals surface area contributed by atoms with E-state index in [9.17, 15) is 36.2 Å². The van der Waals surface area contributed by atoms with Crippen molar-refractivity contribution < 1.29 is 95.3 Å². The number of nitrogens with zero attached hydrogens (tertiary/aromatic N) is 6. The first-order valence-corrected chi connectivity index (χ1v) is 18.6. The van der Waals surface area contributed by atoms with Gasteiger partial charge in [0.25, 0.3) is 0 Å². The van der Waals surface area contributed by atoms with Crippen molar-refractivity contribution in [3.63, 3.8) is 0 Å². The molecule has 0 radical (unpaired) electrons. The van der Waals surface area contributed by atoms with E-state index in [2.05, 4.69) is 30.4 Å². The fourth-order valence-electron chi connectivity index (χ4n) is 5.80. The third-order valence-electron chi connectivity index (χ3n) is 8.24. The van der Waals surface area contributed by atoms with E-state index in [1.807, 2.05) is 0 Å². The number of aromatic nitrogens is 2. The van der Waals surface area contributed by atoms with E-state index in [0.29, 0.717) is 66.1 Å². The van der Waals surface area contributed by atoms with E-state index in [0.717, 1.165) is 0 Å². The zero-order chi connectivity index (χ0) is 38.0. The van der Waals surface area contributed by atoms with Crippen LogP contribution in [-0.2, 0) is 20.2 Å². The van der Waals surface area contributed by atoms with Gasteiger partial charge in [0.2, 0.25) is 0 Å². The molecule has 2 heterocycles. The largest absolute Gasteiger partial charge is 1.00 e. The molecule has 0 saturated heterocycles. The Hall–Kier alpha value is -4.72. The Morgan fingerprint density at radius 3 is 1.07 bits per heavy atom. The van der Waals surface area contributed by atoms with Gasteiger partial charge in [-0.3, -0.25) is 9.97 Å². The van der Waals surface area contributed by atoms with Crippen LogP contribution in [0.1, 0.15) is 0 Å². The summed E-state index contributed by atoms with van der Waals surface area (Å²) in [4.78, 5) is 7.67. The van der Waals surface area contributed by atoms with Gasteiger partial charge in [0, 0.05) is 44.7 Å². The van der Waals surface area contributed by atoms with Crippen molar-refractivity contribution in [3.05, 3.63) is 134 Å². The van der Waals surface area contributed by atoms with Gasteiger partial charge in [-0.15, -0.1) is 20.5 Å². The van der Waals surface area contributed by atoms with Crippen LogP contribution in [0.4, 0.5) is 22.7 Å². The molecule has 2 N–H and O–H groups in total. The summed E-state index contributed by atoms with van der Waals surface area (Å²) in [5.74, 6) is 0.0833. The molecular formula is C38H24N6Na2O8S2. The van der Waals surface area contributed by atoms with Crippen LogP contribution in [0, 0.1) is 0 Å². The number of phenolic OH excluding ortho intramolecular Hbond substituents is 2. The monoisotopic (exact) mass is 802 g/mol. The summed E-state index contributed by atoms with van der Waals surface area (Å²) in [6.45, 7) is 0. The molecule has 8 aromatic rings. The average molecular weight is 803 g/mol. The third-order valence-corrected chi connectivity index (χ3v) is 10.0. The standard InChI is InChI=1S/2C19H13N3O4S.2Na/c2*23-17-9-7-16(14-6-3-11-20-19(14)17)22-21-15-8-10-18(27(24,25)26)13-5-2-1-4-12(13)15;;/h2*1-11,23H,(H,24,25,26);;/q;;2*+1/p-2. The van der Waals surface area contributed by atoms with Gasteiger partial charge in [-0.25, -0.2) is 16.8 Å². The van der Waals surface area contributed by atoms with Crippen LogP contribution < -0.4 is 59.1 Å². The van der Waals surface area contributed by atoms with E-state index in [4.69, 9.17) is 0 Å². The second-order valence-corrected chi connectivity index (χ2v) is 14.3. The minimum atomic E-state index is -4.61. The van der Waals surface area contributed by atoms with Crippen molar-refractivity contribution in [1.82, 2.24) is 9.97 Å². The van der Waals surface area contributed by atoms with Crippen molar-refractivity contribution in [3.8, 4) is 11.5 Å². The van der Waals surface area contributed by atoms with Crippen molar-refractivity contribution in [1.29, 1.82) is 0 Å². The number of azo groups is 2. The maximum Gasteiger partial charge on any atom is 1.00 e. The number of hydrogen-bond acceptors (Lipinski definition) is 14. The number of aromatic hydroxyl groups is 2. The van der Waals surface area contributed by atoms with Gasteiger partial charge >= 0.3 is 59.1 Å². The summed E-state index contributed by atoms with van der Waals surface area (Å²) >= 11 is 0. The molecule has 2 aromatic heterocycles. The fraction of sp³-hybridized carbons (Fsp3) is 0. The molecule has 0 aliphatic heterocycles. The van der Waals surface area contributed by atoms with Crippen molar-refractivity contribution in [2.45, 2.75) is 9.79 Å². The Morgan fingerprint density at radius 2 is 0.714 bits per heavy atom. The van der Waals surface area contributed by atoms with Crippen LogP contribution in [0.15, 0.2) is 164 Å². The number of hydrogen-bond donors (Lipinski definition) is 2. The molecule has 6 aromatic carbocycles. The summed E-state index contributed by atoms with van der Waals surface area (Å²) in [7, 11) is -9.21. The SMILES string of the molecule is O=S(=O)([O-])c1ccc(N=Nc2ccc(O)c3ncccc23)c2ccccc12.O=S(=O)([O-])c1ccc(N=Nc2ccc(O)c3ncccc23)c2ccccc12.[Na+].[Na+]. The molecule has 0 spiro atoms. The first-order valence-electron chi connectivity index (χ1n) is 15.8. The second-order valence-electron chi connectivity index (χ2n) is 11.6. The maximum atomic E-state index is 11.5. The molecule has 18 heteroatoms. The minimum Gasteiger partial charge on any atom is -0.744 e. The predicted molar refractivity (Wildman–Crippen MR) is 199 cm³/mol. The van der Waals surface area contributed by atoms with E-state index >= 15 is 0 Å². The molecule has 0 atom stereocenters. The van der Waals surface area contributed by atoms with Gasteiger partial charge < -0.3 is 19.3 Å². The van der Waals surface area contributed by atoms with Crippen LogP contribution >= 0.6 is 0 Å². The predicted octanol–water partition coefficient (Wildman–Crippen LogP) is 2.83. The first-order chi connectivity index (χ1) is 25.9. The Kier molecular flexibility index (Phi) is 13.3. The van der Waals surface area contributed by atoms with Gasteiger partial charge in [-0.2, -0.15) is 0 Å². The zero-order valence-corrected chi connectivity index (χ0v) is 35.2. The second kappa shape index (κ2) is 17.6. The number of benzene rings is 6. The quantitative estimate of drug-likeness (QED) is 0.142. The van der Waals surface area contributed by atoms with Crippen LogP contribution in [-0.4, -0.2) is 46.1 Å². The van der Waals surface area contributed by atoms with Gasteiger partial charge in [0.1, 0.15) is 42.8 Å². The first kappa shape index (κ1) is 42.4. The van der Waals surface area contributed by atoms with Gasteiger partial charge in [-0.05, 0) is 72.8 Å². The fourth-order valence-corrected chi connectivity index (χ4v) is 7.16. The molecule has 268 valence electrons. The molecule has 0 unspecified atom stereocenters. The zero-order valence-electron chi connectivity index (χ0n) is 29.5. The Labute approximate surface area is 363 Å². The normalized spacial score (nSPS) is 11.8. The van der Waals surface area contributed by atoms with E-state index in [1.54, 1.807) is 97.3 Å². The number of phenols is 2. The molecule has 0 fully saturated rings. The average Bonchev–Trinajstić information content (AvgIpc) is 3.17. The Balaban J connectivity index is 0.000000207. The van der Waals surface area contributed by atoms with Gasteiger partial charge in [0.05, 0.1) is 32.5 Å². The van der Waals surface area contributed by atoms with E-state index < -0.39 is 20.2 Å². The van der Waals surface area contributed by atoms with Crippen LogP contribution in [0.5, 0.6) is 11.5 Å². The topological polar surface area (TPSA) is 230 Å². The molecule has 56 heavy (non-hydrogen) atoms. The summed E-state index contributed by atoms with van der Waals surface area (Å²) in [6, 6.07) is 31.7. The van der Waals surface area contributed by atoms with E-state index in [1.165, 1.54) is 36.4 Å². The van der Waals surface area contributed by atoms with Gasteiger partial charge in [0.15, 0.2) is 0 Å². The smallest absolute Gasteiger partial charge is 0.744 e. The number of fused-ring (bicyclic) bond motifs is 4. The minimum absolute atomic E-state index is 0. The van der Waals surface area contributed by atoms with E-state index in [-0.39, 0.29) is 80.4 Å². The molecule has 0 amide bonds. The van der Waals surface area contributed by atoms with Gasteiger partial charge in [-0.1, -0.05) is 48.5 Å². The molecule has 8 rings (SSSR count). The third kappa shape index (κ3) is 8.95. The molecule has 0 saturated carbocycles. The maximum absolute atomic E-state index is 11.5. The molecule has 0 bridgehead atoms. The summed E-state index contributed by atoms with van der Waals surface area (Å²) in [6.07, 6.45) is 3.14. The molecule has 0 aliphatic carbocycles. The number of pyridine rings is 2. The molecule has 0 aliphatic rings. The van der Waals surface area contributed by atoms with Crippen LogP contribution in [0.2, 0.25) is 0 Å². The number of rotatable bonds is 6. The Bertz CT molecular complexity index is 2850. The molecule has 14 nitrogen and oxygen atoms in total. The summed E-state index contributed by atoms with van der Waals surface area (Å²) in [5, 5.41) is 39.6. The van der Waals surface area contributed by atoms with Crippen molar-refractivity contribution in [2.75, 3.05) is 0 Å². The van der Waals surface area contributed by atoms with Crippen LogP contribution in [0.25, 0.3) is 43.4 Å².